The first-order valence-corrected chi connectivity index (χ1v) is 44.2. The van der Waals surface area contributed by atoms with Crippen molar-refractivity contribution in [1.82, 2.24) is 64.0 Å². The second-order valence-corrected chi connectivity index (χ2v) is 31.5. The number of esters is 1. The minimum Gasteiger partial charge on any atom is -0.505 e. The molecule has 20 aromatic rings. The molecule has 9 heterocycles. The zero-order valence-corrected chi connectivity index (χ0v) is 77.1. The number of aliphatic hydroxyl groups excluding tert-OH is 1. The van der Waals surface area contributed by atoms with Crippen molar-refractivity contribution >= 4 is 170 Å². The number of phenols is 4. The van der Waals surface area contributed by atoms with E-state index in [0.717, 1.165) is 5.56 Å². The standard InChI is InChI=1S/C28H22N6O5.C27H19N7O2.C26H16ClN7O2.C25H16N8O2/c1-39-28(38)22-15-30-34(23-8-4-5-13-29-23)26(22)33-32-24-20-7-3-2-6-18(20)14-21(25(24)36)27(37)31-19-11-9-17(16-35)10-12-19;1-17-10-12-19(13-11-17)31-27(36)21-15-18-7-3-4-8-20(18)24(25(21)35)32-33-26-22(28-2)16-30-34(26)23-9-5-6-14-29-23;1-28-21-15-30-34(22-8-4-5-13-29-22)25(21)33-32-23-19-7-3-2-6-16(19)14-20(24(23)35)26(36)31-18-11-9-17(27)10-12-18;1-26-19-15-29-33(21-11-5-7-13-28-21)24(19)32-31-22-17-9-3-2-8-16(17)14-18(23(22)34)25(35)30-20-10-4-6-12-27-20/h2-15,35-36H,16H2,1H3,(H,31,37);3-16,35H,1H3,(H,31,36);2-15,35H,(H,31,36);2-15,34H,(H,27,30,35). The van der Waals surface area contributed by atoms with Crippen molar-refractivity contribution in [3.05, 3.63) is 419 Å². The number of hydrogen-bond donors (Lipinski definition) is 9. The Balaban J connectivity index is 0.000000133. The minimum absolute atomic E-state index is 0.00643. The number of halogens is 1. The number of pyridine rings is 5. The van der Waals surface area contributed by atoms with Gasteiger partial charge in [0.1, 0.15) is 34.1 Å². The predicted molar refractivity (Wildman–Crippen MR) is 546 cm³/mol. The molecule has 40 heteroatoms. The van der Waals surface area contributed by atoms with Crippen LogP contribution in [-0.2, 0) is 11.3 Å². The number of aryl methyl sites for hydroxylation is 1. The van der Waals surface area contributed by atoms with Crippen molar-refractivity contribution in [2.75, 3.05) is 28.4 Å². The lowest BCUT2D eigenvalue weighted by Gasteiger charge is -2.11. The first-order valence-electron chi connectivity index (χ1n) is 43.8. The highest BCUT2D eigenvalue weighted by Gasteiger charge is 2.28. The fourth-order valence-electron chi connectivity index (χ4n) is 14.6. The summed E-state index contributed by atoms with van der Waals surface area (Å²) in [6.45, 7) is 24.2. The van der Waals surface area contributed by atoms with Crippen LogP contribution in [0, 0.1) is 26.6 Å². The molecule has 9 N–H and O–H groups in total. The Hall–Kier alpha value is -21.3. The van der Waals surface area contributed by atoms with Crippen LogP contribution in [0.4, 0.5) is 86.0 Å². The number of phenolic OH excluding ortho intramolecular Hbond substituents is 4. The molecule has 39 nitrogen and oxygen atoms in total. The molecule has 4 amide bonds. The van der Waals surface area contributed by atoms with Crippen LogP contribution in [0.3, 0.4) is 0 Å². The van der Waals surface area contributed by atoms with E-state index in [0.29, 0.717) is 99.8 Å². The summed E-state index contributed by atoms with van der Waals surface area (Å²) in [6, 6.07) is 81.6. The van der Waals surface area contributed by atoms with E-state index in [2.05, 4.69) is 122 Å². The molecule has 0 spiro atoms. The van der Waals surface area contributed by atoms with E-state index < -0.39 is 35.3 Å². The first-order chi connectivity index (χ1) is 71.2. The van der Waals surface area contributed by atoms with Crippen LogP contribution in [0.2, 0.25) is 5.02 Å². The second-order valence-electron chi connectivity index (χ2n) is 31.1. The fourth-order valence-corrected chi connectivity index (χ4v) is 14.8. The molecule has 9 aromatic heterocycles. The summed E-state index contributed by atoms with van der Waals surface area (Å²) in [4.78, 5) is 96.1. The average molecular weight is 1950 g/mol. The number of rotatable bonds is 22. The number of amides is 4. The van der Waals surface area contributed by atoms with E-state index in [-0.39, 0.29) is 115 Å². The molecular weight excluding hydrogens is 1880 g/mol. The van der Waals surface area contributed by atoms with Crippen molar-refractivity contribution in [1.29, 1.82) is 0 Å². The van der Waals surface area contributed by atoms with Crippen LogP contribution in [0.1, 0.15) is 62.9 Å². The SMILES string of the molecule is COC(=O)c1cnn(-c2ccccn2)c1N=Nc1c(O)c(C(=O)Nc2ccc(CO)cc2)cc2ccccc12.[C-]#[N+]c1cnn(-c2ccccn2)c1N=Nc1c(O)c(C(=O)Nc2ccc(C)cc2)cc2ccccc12.[C-]#[N+]c1cnn(-c2ccccn2)c1N=Nc1c(O)c(C(=O)Nc2ccc(Cl)cc2)cc2ccccc12.[C-]#[N+]c1cnn(-c2ccccn2)c1N=Nc1c(O)c(C(=O)Nc2ccccn2)cc2ccccc12. The van der Waals surface area contributed by atoms with Crippen molar-refractivity contribution < 1.29 is 54.2 Å². The van der Waals surface area contributed by atoms with E-state index in [4.69, 9.17) is 36.1 Å². The van der Waals surface area contributed by atoms with Crippen LogP contribution in [0.25, 0.3) is 80.9 Å². The first kappa shape index (κ1) is 96.4. The summed E-state index contributed by atoms with van der Waals surface area (Å²) >= 11 is 5.92. The molecule has 0 fully saturated rings. The third kappa shape index (κ3) is 21.5. The Morgan fingerprint density at radius 3 is 0.938 bits per heavy atom. The third-order valence-corrected chi connectivity index (χ3v) is 22.1. The summed E-state index contributed by atoms with van der Waals surface area (Å²) < 4.78 is 10.3. The van der Waals surface area contributed by atoms with Gasteiger partial charge in [-0.05, 0) is 167 Å². The van der Waals surface area contributed by atoms with Gasteiger partial charge in [-0.3, -0.25) is 19.2 Å². The number of aromatic nitrogens is 13. The molecule has 0 unspecified atom stereocenters. The number of benzene rings is 11. The van der Waals surface area contributed by atoms with Gasteiger partial charge in [0.15, 0.2) is 69.5 Å². The molecule has 0 radical (unpaired) electrons. The lowest BCUT2D eigenvalue weighted by Crippen LogP contribution is -2.13. The van der Waals surface area contributed by atoms with Crippen LogP contribution >= 0.6 is 11.6 Å². The smallest absolute Gasteiger partial charge is 0.343 e. The van der Waals surface area contributed by atoms with E-state index in [1.807, 2.05) is 43.3 Å². The van der Waals surface area contributed by atoms with Crippen molar-refractivity contribution in [3.63, 3.8) is 0 Å². The second kappa shape index (κ2) is 44.5. The highest BCUT2D eigenvalue weighted by molar-refractivity contribution is 6.30. The lowest BCUT2D eigenvalue weighted by atomic mass is 10.0. The molecule has 0 aliphatic carbocycles. The van der Waals surface area contributed by atoms with Crippen molar-refractivity contribution in [2.24, 2.45) is 40.9 Å². The number of methoxy groups -OCH3 is 1. The quantitative estimate of drug-likeness (QED) is 0.0173. The largest absolute Gasteiger partial charge is 0.505 e. The maximum atomic E-state index is 13.2. The summed E-state index contributed by atoms with van der Waals surface area (Å²) in [6.07, 6.45) is 13.3. The molecular formula is C106H73ClN28O11. The summed E-state index contributed by atoms with van der Waals surface area (Å²) in [5.74, 6) is -1.68. The number of azo groups is 4. The Kier molecular flexibility index (Phi) is 29.4. The maximum Gasteiger partial charge on any atom is 0.343 e. The van der Waals surface area contributed by atoms with Gasteiger partial charge < -0.3 is 51.5 Å². The number of anilines is 4. The van der Waals surface area contributed by atoms with Gasteiger partial charge in [0.2, 0.25) is 0 Å². The normalized spacial score (nSPS) is 11.0. The zero-order chi connectivity index (χ0) is 102. The number of ether oxygens (including phenoxy) is 1. The number of aliphatic hydroxyl groups is 1. The molecule has 0 aliphatic rings. The number of nitrogens with zero attached hydrogens (tertiary/aromatic N) is 24. The molecule has 0 atom stereocenters. The summed E-state index contributed by atoms with van der Waals surface area (Å²) in [5, 5.41) is 121. The molecule has 20 rings (SSSR count). The van der Waals surface area contributed by atoms with Gasteiger partial charge >= 0.3 is 5.97 Å². The van der Waals surface area contributed by atoms with Crippen LogP contribution in [0.15, 0.2) is 382 Å². The van der Waals surface area contributed by atoms with Gasteiger partial charge in [-0.15, -0.1) is 40.9 Å². The van der Waals surface area contributed by atoms with E-state index in [1.54, 1.807) is 280 Å². The van der Waals surface area contributed by atoms with Gasteiger partial charge in [0.05, 0.1) is 80.5 Å². The van der Waals surface area contributed by atoms with Crippen molar-refractivity contribution in [3.8, 4) is 46.3 Å². The van der Waals surface area contributed by atoms with E-state index >= 15 is 0 Å². The van der Waals surface area contributed by atoms with Crippen LogP contribution < -0.4 is 21.3 Å². The molecule has 0 bridgehead atoms. The van der Waals surface area contributed by atoms with Crippen LogP contribution in [0.5, 0.6) is 23.0 Å². The molecule has 146 heavy (non-hydrogen) atoms. The summed E-state index contributed by atoms with van der Waals surface area (Å²) in [7, 11) is 1.24. The molecule has 11 aromatic carbocycles. The van der Waals surface area contributed by atoms with E-state index in [9.17, 15) is 49.5 Å². The Labute approximate surface area is 832 Å². The fraction of sp³-hybridized carbons (Fsp3) is 0.0283. The summed E-state index contributed by atoms with van der Waals surface area (Å²) in [5.41, 5.74) is 4.21. The average Bonchev–Trinajstić information content (AvgIpc) is 1.60. The Morgan fingerprint density at radius 2 is 0.630 bits per heavy atom. The molecule has 0 saturated heterocycles. The number of carbonyl (C=O) groups excluding carboxylic acids is 5. The van der Waals surface area contributed by atoms with Crippen LogP contribution in [-0.4, -0.2) is 126 Å². The zero-order valence-electron chi connectivity index (χ0n) is 76.3. The monoisotopic (exact) mass is 1950 g/mol. The van der Waals surface area contributed by atoms with E-state index in [1.165, 1.54) is 50.6 Å². The minimum atomic E-state index is -0.680. The number of carbonyl (C=O) groups is 5. The Bertz CT molecular complexity index is 8360. The molecule has 0 saturated carbocycles. The predicted octanol–water partition coefficient (Wildman–Crippen LogP) is 24.5. The topological polar surface area (TPSA) is 492 Å². The number of nitrogens with one attached hydrogen (secondary N) is 4. The number of aromatic hydroxyl groups is 4. The molecule has 710 valence electrons. The molecule has 0 aliphatic heterocycles. The maximum absolute atomic E-state index is 13.2. The lowest BCUT2D eigenvalue weighted by molar-refractivity contribution is 0.0600. The highest BCUT2D eigenvalue weighted by atomic mass is 35.5. The third-order valence-electron chi connectivity index (χ3n) is 21.8. The number of hydrogen-bond acceptors (Lipinski definition) is 28. The number of fused-ring (bicyclic) bond motifs is 4. The van der Waals surface area contributed by atoms with Crippen molar-refractivity contribution in [2.45, 2.75) is 13.5 Å². The Morgan fingerprint density at radius 1 is 0.342 bits per heavy atom. The van der Waals surface area contributed by atoms with Gasteiger partial charge in [-0.25, -0.2) is 58.3 Å². The van der Waals surface area contributed by atoms with Gasteiger partial charge in [0, 0.05) is 74.6 Å². The highest BCUT2D eigenvalue weighted by Crippen LogP contribution is 2.47. The van der Waals surface area contributed by atoms with Gasteiger partial charge in [-0.1, -0.05) is 169 Å². The van der Waals surface area contributed by atoms with Gasteiger partial charge in [0.25, 0.3) is 40.7 Å². The van der Waals surface area contributed by atoms with Gasteiger partial charge in [-0.2, -0.15) is 25.1 Å².